The summed E-state index contributed by atoms with van der Waals surface area (Å²) in [6.45, 7) is 6.19. The van der Waals surface area contributed by atoms with E-state index in [0.29, 0.717) is 6.54 Å². The van der Waals surface area contributed by atoms with E-state index in [1.54, 1.807) is 6.92 Å². The van der Waals surface area contributed by atoms with Gasteiger partial charge in [-0.3, -0.25) is 4.79 Å². The van der Waals surface area contributed by atoms with E-state index in [4.69, 9.17) is 0 Å². The van der Waals surface area contributed by atoms with Crippen molar-refractivity contribution in [2.75, 3.05) is 26.7 Å². The van der Waals surface area contributed by atoms with Gasteiger partial charge in [-0.1, -0.05) is 26.2 Å². The van der Waals surface area contributed by atoms with Crippen molar-refractivity contribution in [1.29, 1.82) is 0 Å². The Hall–Kier alpha value is -0.610. The molecular weight excluding hydrogens is 240 g/mol. The molecule has 0 aliphatic heterocycles. The Kier molecular flexibility index (Phi) is 6.80. The van der Waals surface area contributed by atoms with Crippen LogP contribution in [0.25, 0.3) is 0 Å². The van der Waals surface area contributed by atoms with E-state index >= 15 is 0 Å². The summed E-state index contributed by atoms with van der Waals surface area (Å²) in [6.07, 6.45) is 7.60. The van der Waals surface area contributed by atoms with Crippen LogP contribution in [-0.2, 0) is 4.79 Å². The van der Waals surface area contributed by atoms with E-state index in [-0.39, 0.29) is 0 Å². The zero-order valence-electron chi connectivity index (χ0n) is 12.7. The number of carboxylic acids is 1. The lowest BCUT2D eigenvalue weighted by atomic mass is 9.88. The zero-order valence-corrected chi connectivity index (χ0v) is 12.7. The molecule has 1 fully saturated rings. The highest BCUT2D eigenvalue weighted by atomic mass is 16.4. The van der Waals surface area contributed by atoms with Crippen LogP contribution >= 0.6 is 0 Å². The van der Waals surface area contributed by atoms with Gasteiger partial charge in [-0.05, 0) is 45.7 Å². The normalized spacial score (nSPS) is 20.4. The molecule has 0 amide bonds. The van der Waals surface area contributed by atoms with E-state index in [1.165, 1.54) is 32.1 Å². The van der Waals surface area contributed by atoms with Crippen LogP contribution < -0.4 is 5.32 Å². The van der Waals surface area contributed by atoms with Crippen LogP contribution in [0.4, 0.5) is 0 Å². The topological polar surface area (TPSA) is 52.6 Å². The highest BCUT2D eigenvalue weighted by molar-refractivity contribution is 5.78. The number of hydrogen-bond acceptors (Lipinski definition) is 3. The molecule has 1 aliphatic carbocycles. The highest BCUT2D eigenvalue weighted by Crippen LogP contribution is 2.24. The highest BCUT2D eigenvalue weighted by Gasteiger charge is 2.34. The number of nitrogens with one attached hydrogen (secondary N) is 1. The van der Waals surface area contributed by atoms with Crippen molar-refractivity contribution in [3.8, 4) is 0 Å². The van der Waals surface area contributed by atoms with Crippen molar-refractivity contribution < 1.29 is 9.90 Å². The van der Waals surface area contributed by atoms with Gasteiger partial charge in [0.05, 0.1) is 0 Å². The zero-order chi connectivity index (χ0) is 14.3. The molecule has 0 aromatic carbocycles. The average Bonchev–Trinajstić information content (AvgIpc) is 2.37. The monoisotopic (exact) mass is 270 g/mol. The first-order chi connectivity index (χ1) is 8.98. The first-order valence-electron chi connectivity index (χ1n) is 7.65. The molecule has 112 valence electrons. The molecule has 1 atom stereocenters. The molecule has 0 spiro atoms. The van der Waals surface area contributed by atoms with Crippen molar-refractivity contribution >= 4 is 5.97 Å². The standard InChI is InChI=1S/C15H30N2O2/c1-4-10-16-15(2,14(18)19)12-17(3)11-13-8-6-5-7-9-13/h13,16H,4-12H2,1-3H3,(H,18,19). The van der Waals surface area contributed by atoms with Crippen molar-refractivity contribution in [1.82, 2.24) is 10.2 Å². The van der Waals surface area contributed by atoms with E-state index in [0.717, 1.165) is 25.4 Å². The summed E-state index contributed by atoms with van der Waals surface area (Å²) in [7, 11) is 2.05. The second-order valence-corrected chi connectivity index (χ2v) is 6.26. The van der Waals surface area contributed by atoms with Gasteiger partial charge in [0.2, 0.25) is 0 Å². The molecule has 1 rings (SSSR count). The second kappa shape index (κ2) is 7.85. The Bertz CT molecular complexity index is 277. The minimum absolute atomic E-state index is 0.568. The number of aliphatic carboxylic acids is 1. The van der Waals surface area contributed by atoms with Gasteiger partial charge in [-0.25, -0.2) is 0 Å². The summed E-state index contributed by atoms with van der Waals surface area (Å²) in [6, 6.07) is 0. The van der Waals surface area contributed by atoms with Gasteiger partial charge < -0.3 is 15.3 Å². The van der Waals surface area contributed by atoms with Crippen molar-refractivity contribution in [2.24, 2.45) is 5.92 Å². The van der Waals surface area contributed by atoms with Crippen molar-refractivity contribution in [2.45, 2.75) is 57.9 Å². The summed E-state index contributed by atoms with van der Waals surface area (Å²) in [5, 5.41) is 12.6. The molecule has 0 radical (unpaired) electrons. The van der Waals surface area contributed by atoms with Crippen LogP contribution in [0.1, 0.15) is 52.4 Å². The fraction of sp³-hybridized carbons (Fsp3) is 0.933. The Morgan fingerprint density at radius 3 is 2.53 bits per heavy atom. The lowest BCUT2D eigenvalue weighted by molar-refractivity contribution is -0.145. The van der Waals surface area contributed by atoms with E-state index in [1.807, 2.05) is 7.05 Å². The molecule has 0 aromatic heterocycles. The van der Waals surface area contributed by atoms with Gasteiger partial charge in [0.15, 0.2) is 0 Å². The van der Waals surface area contributed by atoms with Crippen LogP contribution in [0.5, 0.6) is 0 Å². The number of likely N-dealkylation sites (N-methyl/N-ethyl adjacent to an activating group) is 1. The number of nitrogens with zero attached hydrogens (tertiary/aromatic N) is 1. The third-order valence-corrected chi connectivity index (χ3v) is 4.12. The molecule has 1 unspecified atom stereocenters. The van der Waals surface area contributed by atoms with Gasteiger partial charge in [0.1, 0.15) is 5.54 Å². The molecule has 4 heteroatoms. The van der Waals surface area contributed by atoms with Gasteiger partial charge in [-0.15, -0.1) is 0 Å². The fourth-order valence-corrected chi connectivity index (χ4v) is 3.01. The summed E-state index contributed by atoms with van der Waals surface area (Å²) < 4.78 is 0. The number of carboxylic acid groups (broad SMARTS) is 1. The molecule has 0 saturated heterocycles. The second-order valence-electron chi connectivity index (χ2n) is 6.26. The largest absolute Gasteiger partial charge is 0.480 e. The summed E-state index contributed by atoms with van der Waals surface area (Å²) in [4.78, 5) is 13.7. The lowest BCUT2D eigenvalue weighted by Crippen LogP contribution is -2.57. The molecule has 0 heterocycles. The van der Waals surface area contributed by atoms with Crippen LogP contribution in [0, 0.1) is 5.92 Å². The maximum absolute atomic E-state index is 11.5. The summed E-state index contributed by atoms with van der Waals surface area (Å²) in [5.41, 5.74) is -0.834. The maximum atomic E-state index is 11.5. The molecule has 1 aliphatic rings. The van der Waals surface area contributed by atoms with E-state index < -0.39 is 11.5 Å². The number of hydrogen-bond donors (Lipinski definition) is 2. The Labute approximate surface area is 117 Å². The molecule has 2 N–H and O–H groups in total. The quantitative estimate of drug-likeness (QED) is 0.711. The Balaban J connectivity index is 2.45. The van der Waals surface area contributed by atoms with Gasteiger partial charge in [-0.2, -0.15) is 0 Å². The van der Waals surface area contributed by atoms with Crippen LogP contribution in [-0.4, -0.2) is 48.2 Å². The summed E-state index contributed by atoms with van der Waals surface area (Å²) >= 11 is 0. The SMILES string of the molecule is CCCNC(C)(CN(C)CC1CCCCC1)C(=O)O. The fourth-order valence-electron chi connectivity index (χ4n) is 3.01. The number of carbonyl (C=O) groups is 1. The summed E-state index contributed by atoms with van der Waals surface area (Å²) in [5.74, 6) is -0.000542. The first-order valence-corrected chi connectivity index (χ1v) is 7.65. The van der Waals surface area contributed by atoms with Gasteiger partial charge in [0, 0.05) is 13.1 Å². The maximum Gasteiger partial charge on any atom is 0.324 e. The lowest BCUT2D eigenvalue weighted by Gasteiger charge is -2.33. The van der Waals surface area contributed by atoms with E-state index in [2.05, 4.69) is 17.1 Å². The van der Waals surface area contributed by atoms with Crippen LogP contribution in [0.15, 0.2) is 0 Å². The van der Waals surface area contributed by atoms with E-state index in [9.17, 15) is 9.90 Å². The predicted octanol–water partition coefficient (Wildman–Crippen LogP) is 2.34. The first kappa shape index (κ1) is 16.4. The predicted molar refractivity (Wildman–Crippen MR) is 78.4 cm³/mol. The smallest absolute Gasteiger partial charge is 0.324 e. The number of rotatable bonds is 8. The minimum Gasteiger partial charge on any atom is -0.480 e. The minimum atomic E-state index is -0.834. The molecule has 4 nitrogen and oxygen atoms in total. The molecule has 0 aromatic rings. The van der Waals surface area contributed by atoms with Crippen LogP contribution in [0.3, 0.4) is 0 Å². The van der Waals surface area contributed by atoms with Gasteiger partial charge in [0.25, 0.3) is 0 Å². The Morgan fingerprint density at radius 1 is 1.37 bits per heavy atom. The Morgan fingerprint density at radius 2 is 2.00 bits per heavy atom. The van der Waals surface area contributed by atoms with Crippen LogP contribution in [0.2, 0.25) is 0 Å². The van der Waals surface area contributed by atoms with Gasteiger partial charge >= 0.3 is 5.97 Å². The van der Waals surface area contributed by atoms with Crippen molar-refractivity contribution in [3.05, 3.63) is 0 Å². The third kappa shape index (κ3) is 5.49. The average molecular weight is 270 g/mol. The molecule has 19 heavy (non-hydrogen) atoms. The molecule has 0 bridgehead atoms. The third-order valence-electron chi connectivity index (χ3n) is 4.12. The van der Waals surface area contributed by atoms with Crippen molar-refractivity contribution in [3.63, 3.8) is 0 Å². The molecule has 1 saturated carbocycles. The molecular formula is C15H30N2O2.